The summed E-state index contributed by atoms with van der Waals surface area (Å²) in [5.41, 5.74) is 0.740. The first-order chi connectivity index (χ1) is 14.8. The van der Waals surface area contributed by atoms with Gasteiger partial charge in [0.15, 0.2) is 5.69 Å². The second-order valence-corrected chi connectivity index (χ2v) is 7.91. The van der Waals surface area contributed by atoms with Gasteiger partial charge in [0, 0.05) is 12.1 Å². The molecule has 0 saturated heterocycles. The van der Waals surface area contributed by atoms with Crippen LogP contribution < -0.4 is 20.7 Å². The van der Waals surface area contributed by atoms with Crippen LogP contribution in [0.2, 0.25) is 0 Å². The summed E-state index contributed by atoms with van der Waals surface area (Å²) in [4.78, 5) is 29.8. The Hall–Kier alpha value is -2.87. The Morgan fingerprint density at radius 2 is 1.90 bits per heavy atom. The molecule has 0 fully saturated rings. The van der Waals surface area contributed by atoms with Crippen molar-refractivity contribution in [2.45, 2.75) is 46.1 Å². The number of unbranched alkanes of at least 4 members (excludes halogenated alkanes) is 1. The van der Waals surface area contributed by atoms with E-state index in [1.54, 1.807) is 38.3 Å². The van der Waals surface area contributed by atoms with E-state index in [9.17, 15) is 9.59 Å². The lowest BCUT2D eigenvalue weighted by Gasteiger charge is -2.18. The van der Waals surface area contributed by atoms with E-state index < -0.39 is 6.04 Å². The summed E-state index contributed by atoms with van der Waals surface area (Å²) in [6.45, 7) is 7.30. The minimum atomic E-state index is -0.449. The third-order valence-corrected chi connectivity index (χ3v) is 4.81. The third kappa shape index (κ3) is 7.40. The number of amides is 2. The number of carbonyl (C=O) groups excluding carboxylic acids is 2. The Bertz CT molecular complexity index is 863. The first-order valence-corrected chi connectivity index (χ1v) is 10.7. The van der Waals surface area contributed by atoms with Crippen LogP contribution in [0.25, 0.3) is 0 Å². The van der Waals surface area contributed by atoms with Crippen molar-refractivity contribution in [3.8, 4) is 5.75 Å². The number of aromatic nitrogens is 1. The van der Waals surface area contributed by atoms with E-state index in [2.05, 4.69) is 34.8 Å². The van der Waals surface area contributed by atoms with Gasteiger partial charge in [-0.3, -0.25) is 9.59 Å². The fourth-order valence-corrected chi connectivity index (χ4v) is 3.19. The van der Waals surface area contributed by atoms with Crippen LogP contribution in [0.5, 0.6) is 5.75 Å². The van der Waals surface area contributed by atoms with Crippen LogP contribution in [0.1, 0.15) is 71.6 Å². The molecule has 0 unspecified atom stereocenters. The fourth-order valence-electron chi connectivity index (χ4n) is 3.19. The number of aryl methyl sites for hydroxylation is 1. The van der Waals surface area contributed by atoms with Crippen molar-refractivity contribution in [3.05, 3.63) is 47.2 Å². The Labute approximate surface area is 184 Å². The summed E-state index contributed by atoms with van der Waals surface area (Å²) in [6.07, 6.45) is 2.48. The Balaban J connectivity index is 2.12. The molecule has 8 nitrogen and oxygen atoms in total. The highest BCUT2D eigenvalue weighted by Crippen LogP contribution is 2.24. The van der Waals surface area contributed by atoms with Crippen LogP contribution in [0.3, 0.4) is 0 Å². The molecule has 170 valence electrons. The van der Waals surface area contributed by atoms with E-state index in [4.69, 9.17) is 9.15 Å². The summed E-state index contributed by atoms with van der Waals surface area (Å²) in [5, 5.41) is 8.95. The van der Waals surface area contributed by atoms with Gasteiger partial charge in [-0.25, -0.2) is 4.98 Å². The molecular formula is C23H34N4O4. The minimum absolute atomic E-state index is 0.254. The fraction of sp³-hybridized carbons (Fsp3) is 0.522. The molecule has 0 bridgehead atoms. The van der Waals surface area contributed by atoms with Crippen molar-refractivity contribution in [3.63, 3.8) is 0 Å². The second kappa shape index (κ2) is 12.1. The van der Waals surface area contributed by atoms with Crippen molar-refractivity contribution in [1.29, 1.82) is 0 Å². The number of hydrogen-bond donors (Lipinski definition) is 3. The first kappa shape index (κ1) is 24.4. The van der Waals surface area contributed by atoms with Crippen LogP contribution in [0.15, 0.2) is 28.7 Å². The van der Waals surface area contributed by atoms with Gasteiger partial charge in [-0.15, -0.1) is 0 Å². The molecule has 1 atom stereocenters. The van der Waals surface area contributed by atoms with Gasteiger partial charge >= 0.3 is 0 Å². The molecule has 0 saturated carbocycles. The Morgan fingerprint density at radius 1 is 1.16 bits per heavy atom. The topological polar surface area (TPSA) is 105 Å². The zero-order chi connectivity index (χ0) is 22.8. The largest absolute Gasteiger partial charge is 0.497 e. The van der Waals surface area contributed by atoms with Gasteiger partial charge in [-0.2, -0.15) is 0 Å². The molecule has 1 aromatic heterocycles. The molecule has 0 aliphatic rings. The summed E-state index contributed by atoms with van der Waals surface area (Å²) in [6, 6.07) is 6.49. The Morgan fingerprint density at radius 3 is 2.58 bits per heavy atom. The lowest BCUT2D eigenvalue weighted by Crippen LogP contribution is -2.30. The maximum absolute atomic E-state index is 12.8. The number of hydrogen-bond acceptors (Lipinski definition) is 6. The standard InChI is InChI=1S/C23H34N4O4/c1-15(2)13-19(26-21(28)17-9-8-10-18(14-17)30-5)23-27-20(16(3)31-23)22(29)25-12-7-6-11-24-4/h8-10,14-15,19,24H,6-7,11-13H2,1-5H3,(H,25,29)(H,26,28)/t19-/m0/s1. The van der Waals surface area contributed by atoms with Gasteiger partial charge in [0.05, 0.1) is 7.11 Å². The number of nitrogens with zero attached hydrogens (tertiary/aromatic N) is 1. The highest BCUT2D eigenvalue weighted by molar-refractivity contribution is 5.95. The van der Waals surface area contributed by atoms with Crippen LogP contribution in [-0.2, 0) is 0 Å². The number of oxazole rings is 1. The van der Waals surface area contributed by atoms with Crippen molar-refractivity contribution in [2.24, 2.45) is 5.92 Å². The molecule has 31 heavy (non-hydrogen) atoms. The monoisotopic (exact) mass is 430 g/mol. The predicted octanol–water partition coefficient (Wildman–Crippen LogP) is 3.24. The minimum Gasteiger partial charge on any atom is -0.497 e. The predicted molar refractivity (Wildman–Crippen MR) is 119 cm³/mol. The zero-order valence-electron chi connectivity index (χ0n) is 19.1. The first-order valence-electron chi connectivity index (χ1n) is 10.7. The van der Waals surface area contributed by atoms with Crippen molar-refractivity contribution >= 4 is 11.8 Å². The van der Waals surface area contributed by atoms with Crippen molar-refractivity contribution < 1.29 is 18.7 Å². The average molecular weight is 431 g/mol. The van der Waals surface area contributed by atoms with Crippen molar-refractivity contribution in [1.82, 2.24) is 20.9 Å². The molecule has 0 aliphatic carbocycles. The third-order valence-electron chi connectivity index (χ3n) is 4.81. The van der Waals surface area contributed by atoms with E-state index in [1.165, 1.54) is 0 Å². The van der Waals surface area contributed by atoms with Gasteiger partial charge < -0.3 is 25.1 Å². The number of nitrogens with one attached hydrogen (secondary N) is 3. The summed E-state index contributed by atoms with van der Waals surface area (Å²) >= 11 is 0. The number of carbonyl (C=O) groups is 2. The molecule has 3 N–H and O–H groups in total. The van der Waals surface area contributed by atoms with E-state index in [1.807, 2.05) is 7.05 Å². The van der Waals surface area contributed by atoms with Crippen LogP contribution in [-0.4, -0.2) is 44.0 Å². The normalized spacial score (nSPS) is 11.9. The molecule has 0 spiro atoms. The summed E-state index contributed by atoms with van der Waals surface area (Å²) in [7, 11) is 3.46. The zero-order valence-corrected chi connectivity index (χ0v) is 19.1. The maximum Gasteiger partial charge on any atom is 0.273 e. The van der Waals surface area contributed by atoms with Gasteiger partial charge in [0.25, 0.3) is 11.8 Å². The molecule has 2 amide bonds. The lowest BCUT2D eigenvalue weighted by atomic mass is 10.0. The smallest absolute Gasteiger partial charge is 0.273 e. The summed E-state index contributed by atoms with van der Waals surface area (Å²) in [5.74, 6) is 1.14. The van der Waals surface area contributed by atoms with E-state index in [-0.39, 0.29) is 23.4 Å². The number of rotatable bonds is 12. The maximum atomic E-state index is 12.8. The Kier molecular flexibility index (Phi) is 9.52. The summed E-state index contributed by atoms with van der Waals surface area (Å²) < 4.78 is 11.0. The lowest BCUT2D eigenvalue weighted by molar-refractivity contribution is 0.0922. The number of methoxy groups -OCH3 is 1. The van der Waals surface area contributed by atoms with Crippen LogP contribution >= 0.6 is 0 Å². The molecule has 2 rings (SSSR count). The van der Waals surface area contributed by atoms with Gasteiger partial charge in [-0.05, 0) is 63.9 Å². The highest BCUT2D eigenvalue weighted by atomic mass is 16.5. The SMILES string of the molecule is CNCCCCNC(=O)c1nc([C@H](CC(C)C)NC(=O)c2cccc(OC)c2)oc1C. The molecule has 1 heterocycles. The van der Waals surface area contributed by atoms with Crippen LogP contribution in [0.4, 0.5) is 0 Å². The van der Waals surface area contributed by atoms with Crippen LogP contribution in [0, 0.1) is 12.8 Å². The second-order valence-electron chi connectivity index (χ2n) is 7.91. The molecule has 8 heteroatoms. The van der Waals surface area contributed by atoms with E-state index in [0.29, 0.717) is 35.9 Å². The van der Waals surface area contributed by atoms with Crippen molar-refractivity contribution in [2.75, 3.05) is 27.2 Å². The molecular weight excluding hydrogens is 396 g/mol. The van der Waals surface area contributed by atoms with Gasteiger partial charge in [-0.1, -0.05) is 19.9 Å². The molecule has 1 aromatic carbocycles. The highest BCUT2D eigenvalue weighted by Gasteiger charge is 2.25. The number of benzene rings is 1. The molecule has 0 radical (unpaired) electrons. The molecule has 2 aromatic rings. The quantitative estimate of drug-likeness (QED) is 0.447. The number of ether oxygens (including phenoxy) is 1. The molecule has 0 aliphatic heterocycles. The van der Waals surface area contributed by atoms with E-state index >= 15 is 0 Å². The van der Waals surface area contributed by atoms with Gasteiger partial charge in [0.2, 0.25) is 5.89 Å². The van der Waals surface area contributed by atoms with E-state index in [0.717, 1.165) is 19.4 Å². The average Bonchev–Trinajstić information content (AvgIpc) is 3.14. The van der Waals surface area contributed by atoms with Gasteiger partial charge in [0.1, 0.15) is 17.6 Å².